The van der Waals surface area contributed by atoms with Gasteiger partial charge < -0.3 is 9.64 Å². The lowest BCUT2D eigenvalue weighted by Crippen LogP contribution is -2.27. The molecular formula is C12H15NO2. The van der Waals surface area contributed by atoms with E-state index in [0.717, 1.165) is 42.7 Å². The molecule has 0 aromatic heterocycles. The van der Waals surface area contributed by atoms with E-state index in [1.807, 2.05) is 12.1 Å². The first-order chi connectivity index (χ1) is 7.26. The predicted molar refractivity (Wildman–Crippen MR) is 58.4 cm³/mol. The summed E-state index contributed by atoms with van der Waals surface area (Å²) in [6.07, 6.45) is 1.88. The summed E-state index contributed by atoms with van der Waals surface area (Å²) >= 11 is 0. The minimum atomic E-state index is 0.789. The average molecular weight is 205 g/mol. The van der Waals surface area contributed by atoms with Crippen molar-refractivity contribution in [1.29, 1.82) is 0 Å². The molecule has 80 valence electrons. The topological polar surface area (TPSA) is 29.5 Å². The average Bonchev–Trinajstić information content (AvgIpc) is 2.27. The highest BCUT2D eigenvalue weighted by Crippen LogP contribution is 2.29. The monoisotopic (exact) mass is 205 g/mol. The third-order valence-electron chi connectivity index (χ3n) is 2.94. The van der Waals surface area contributed by atoms with Gasteiger partial charge in [0.05, 0.1) is 7.11 Å². The Labute approximate surface area is 89.7 Å². The maximum atomic E-state index is 10.9. The van der Waals surface area contributed by atoms with Gasteiger partial charge in [-0.1, -0.05) is 0 Å². The first-order valence-corrected chi connectivity index (χ1v) is 5.08. The number of benzene rings is 1. The number of methoxy groups -OCH3 is 1. The second-order valence-corrected chi connectivity index (χ2v) is 3.92. The van der Waals surface area contributed by atoms with E-state index in [9.17, 15) is 4.79 Å². The quantitative estimate of drug-likeness (QED) is 0.685. The van der Waals surface area contributed by atoms with Crippen molar-refractivity contribution in [2.75, 3.05) is 20.7 Å². The molecule has 0 unspecified atom stereocenters. The second kappa shape index (κ2) is 4.03. The number of carbonyl (C=O) groups is 1. The van der Waals surface area contributed by atoms with E-state index in [-0.39, 0.29) is 0 Å². The van der Waals surface area contributed by atoms with Crippen LogP contribution in [0.1, 0.15) is 21.5 Å². The third-order valence-corrected chi connectivity index (χ3v) is 2.94. The highest BCUT2D eigenvalue weighted by Gasteiger charge is 2.19. The van der Waals surface area contributed by atoms with Crippen LogP contribution in [0, 0.1) is 0 Å². The molecule has 0 spiro atoms. The van der Waals surface area contributed by atoms with Gasteiger partial charge in [-0.3, -0.25) is 4.79 Å². The molecule has 1 aromatic rings. The maximum absolute atomic E-state index is 10.9. The van der Waals surface area contributed by atoms with Gasteiger partial charge in [0.25, 0.3) is 0 Å². The summed E-state index contributed by atoms with van der Waals surface area (Å²) in [5, 5.41) is 0. The lowest BCUT2D eigenvalue weighted by molar-refractivity contribution is 0.112. The standard InChI is InChI=1S/C12H15NO2/c1-13-6-5-10-11(7-13)9(8-14)3-4-12(10)15-2/h3-4,8H,5-7H2,1-2H3. The van der Waals surface area contributed by atoms with Gasteiger partial charge in [-0.2, -0.15) is 0 Å². The van der Waals surface area contributed by atoms with Crippen molar-refractivity contribution in [2.24, 2.45) is 0 Å². The first kappa shape index (κ1) is 10.2. The van der Waals surface area contributed by atoms with Crippen LogP contribution in [0.5, 0.6) is 5.75 Å². The molecule has 0 saturated carbocycles. The van der Waals surface area contributed by atoms with Gasteiger partial charge in [0.15, 0.2) is 0 Å². The molecule has 0 N–H and O–H groups in total. The second-order valence-electron chi connectivity index (χ2n) is 3.92. The largest absolute Gasteiger partial charge is 0.496 e. The van der Waals surface area contributed by atoms with Crippen molar-refractivity contribution in [3.05, 3.63) is 28.8 Å². The molecule has 0 amide bonds. The highest BCUT2D eigenvalue weighted by molar-refractivity contribution is 5.79. The van der Waals surface area contributed by atoms with Crippen molar-refractivity contribution >= 4 is 6.29 Å². The van der Waals surface area contributed by atoms with E-state index < -0.39 is 0 Å². The van der Waals surface area contributed by atoms with Crippen LogP contribution in [0.4, 0.5) is 0 Å². The molecule has 0 aliphatic carbocycles. The Bertz CT molecular complexity index is 387. The van der Waals surface area contributed by atoms with Gasteiger partial charge in [0.1, 0.15) is 12.0 Å². The van der Waals surface area contributed by atoms with E-state index in [2.05, 4.69) is 11.9 Å². The summed E-state index contributed by atoms with van der Waals surface area (Å²) in [5.41, 5.74) is 3.11. The van der Waals surface area contributed by atoms with Crippen LogP contribution in [0.3, 0.4) is 0 Å². The molecule has 15 heavy (non-hydrogen) atoms. The lowest BCUT2D eigenvalue weighted by atomic mass is 9.94. The van der Waals surface area contributed by atoms with Gasteiger partial charge in [-0.15, -0.1) is 0 Å². The molecular weight excluding hydrogens is 190 g/mol. The zero-order valence-electron chi connectivity index (χ0n) is 9.12. The zero-order chi connectivity index (χ0) is 10.8. The fourth-order valence-corrected chi connectivity index (χ4v) is 2.10. The maximum Gasteiger partial charge on any atom is 0.150 e. The number of hydrogen-bond acceptors (Lipinski definition) is 3. The van der Waals surface area contributed by atoms with E-state index in [4.69, 9.17) is 4.74 Å². The smallest absolute Gasteiger partial charge is 0.150 e. The Hall–Kier alpha value is -1.35. The normalized spacial score (nSPS) is 15.9. The van der Waals surface area contributed by atoms with Crippen molar-refractivity contribution in [2.45, 2.75) is 13.0 Å². The third kappa shape index (κ3) is 1.75. The number of carbonyl (C=O) groups excluding carboxylic acids is 1. The van der Waals surface area contributed by atoms with Crippen LogP contribution >= 0.6 is 0 Å². The van der Waals surface area contributed by atoms with Crippen LogP contribution < -0.4 is 4.74 Å². The Morgan fingerprint density at radius 1 is 1.40 bits per heavy atom. The van der Waals surface area contributed by atoms with Crippen molar-refractivity contribution in [1.82, 2.24) is 4.90 Å². The number of fused-ring (bicyclic) bond motifs is 1. The molecule has 1 heterocycles. The van der Waals surface area contributed by atoms with Crippen LogP contribution in [0.2, 0.25) is 0 Å². The summed E-state index contributed by atoms with van der Waals surface area (Å²) in [4.78, 5) is 13.1. The number of ether oxygens (including phenoxy) is 1. The minimum Gasteiger partial charge on any atom is -0.496 e. The van der Waals surface area contributed by atoms with Crippen molar-refractivity contribution in [3.8, 4) is 5.75 Å². The molecule has 0 saturated heterocycles. The highest BCUT2D eigenvalue weighted by atomic mass is 16.5. The lowest BCUT2D eigenvalue weighted by Gasteiger charge is -2.27. The molecule has 1 aliphatic rings. The number of likely N-dealkylation sites (N-methyl/N-ethyl adjacent to an activating group) is 1. The molecule has 0 radical (unpaired) electrons. The summed E-state index contributed by atoms with van der Waals surface area (Å²) in [6, 6.07) is 3.72. The molecule has 0 fully saturated rings. The molecule has 1 aromatic carbocycles. The van der Waals surface area contributed by atoms with Gasteiger partial charge in [-0.05, 0) is 31.2 Å². The number of hydrogen-bond donors (Lipinski definition) is 0. The fraction of sp³-hybridized carbons (Fsp3) is 0.417. The summed E-state index contributed by atoms with van der Waals surface area (Å²) in [7, 11) is 3.74. The Balaban J connectivity index is 2.53. The Morgan fingerprint density at radius 3 is 2.87 bits per heavy atom. The molecule has 3 nitrogen and oxygen atoms in total. The summed E-state index contributed by atoms with van der Waals surface area (Å²) < 4.78 is 5.31. The summed E-state index contributed by atoms with van der Waals surface area (Å²) in [6.45, 7) is 1.85. The number of aldehydes is 1. The zero-order valence-corrected chi connectivity index (χ0v) is 9.12. The SMILES string of the molecule is COc1ccc(C=O)c2c1CCN(C)C2. The van der Waals surface area contributed by atoms with Gasteiger partial charge >= 0.3 is 0 Å². The van der Waals surface area contributed by atoms with Crippen LogP contribution in [-0.4, -0.2) is 31.9 Å². The van der Waals surface area contributed by atoms with Crippen molar-refractivity contribution < 1.29 is 9.53 Å². The van der Waals surface area contributed by atoms with E-state index in [1.54, 1.807) is 7.11 Å². The minimum absolute atomic E-state index is 0.789. The molecule has 0 bridgehead atoms. The molecule has 1 aliphatic heterocycles. The van der Waals surface area contributed by atoms with E-state index in [1.165, 1.54) is 5.56 Å². The van der Waals surface area contributed by atoms with Gasteiger partial charge in [0.2, 0.25) is 0 Å². The Morgan fingerprint density at radius 2 is 2.20 bits per heavy atom. The molecule has 3 heteroatoms. The van der Waals surface area contributed by atoms with Crippen LogP contribution in [0.25, 0.3) is 0 Å². The summed E-state index contributed by atoms with van der Waals surface area (Å²) in [5.74, 6) is 0.906. The number of nitrogens with zero attached hydrogens (tertiary/aromatic N) is 1. The molecule has 0 atom stereocenters. The first-order valence-electron chi connectivity index (χ1n) is 5.08. The van der Waals surface area contributed by atoms with Gasteiger partial charge in [0, 0.05) is 24.2 Å². The van der Waals surface area contributed by atoms with Crippen molar-refractivity contribution in [3.63, 3.8) is 0 Å². The molecule has 2 rings (SSSR count). The predicted octanol–water partition coefficient (Wildman–Crippen LogP) is 1.50. The van der Waals surface area contributed by atoms with Gasteiger partial charge in [-0.25, -0.2) is 0 Å². The van der Waals surface area contributed by atoms with Crippen LogP contribution in [0.15, 0.2) is 12.1 Å². The van der Waals surface area contributed by atoms with E-state index in [0.29, 0.717) is 0 Å². The van der Waals surface area contributed by atoms with E-state index >= 15 is 0 Å². The fourth-order valence-electron chi connectivity index (χ4n) is 2.10. The van der Waals surface area contributed by atoms with Crippen LogP contribution in [-0.2, 0) is 13.0 Å². The Kier molecular flexibility index (Phi) is 2.73. The number of rotatable bonds is 2.